The van der Waals surface area contributed by atoms with Crippen LogP contribution in [0.25, 0.3) is 0 Å². The van der Waals surface area contributed by atoms with Crippen molar-refractivity contribution >= 4 is 0 Å². The fourth-order valence-corrected chi connectivity index (χ4v) is 2.44. The first-order valence-electron chi connectivity index (χ1n) is 8.78. The second-order valence-corrected chi connectivity index (χ2v) is 5.72. The smallest absolute Gasteiger partial charge is 0.0672 e. The van der Waals surface area contributed by atoms with Gasteiger partial charge in [0.1, 0.15) is 0 Å². The molecule has 0 aromatic heterocycles. The van der Waals surface area contributed by atoms with Crippen LogP contribution >= 0.6 is 0 Å². The Hall–Kier alpha value is -0.770. The highest BCUT2D eigenvalue weighted by Gasteiger charge is 1.92. The van der Waals surface area contributed by atoms with Gasteiger partial charge in [-0.25, -0.2) is 0 Å². The van der Waals surface area contributed by atoms with E-state index in [1.807, 2.05) is 6.07 Å². The van der Waals surface area contributed by atoms with Gasteiger partial charge in [0.05, 0.1) is 12.5 Å². The first-order chi connectivity index (χ1) is 9.91. The molecule has 0 rings (SSSR count). The highest BCUT2D eigenvalue weighted by molar-refractivity contribution is 4.98. The van der Waals surface area contributed by atoms with Crippen molar-refractivity contribution in [3.63, 3.8) is 0 Å². The van der Waals surface area contributed by atoms with Crippen molar-refractivity contribution in [2.24, 2.45) is 0 Å². The van der Waals surface area contributed by atoms with Gasteiger partial charge in [0.25, 0.3) is 0 Å². The van der Waals surface area contributed by atoms with Crippen LogP contribution in [0.15, 0.2) is 12.2 Å². The van der Waals surface area contributed by atoms with Crippen LogP contribution in [0.4, 0.5) is 0 Å². The Morgan fingerprint density at radius 1 is 0.700 bits per heavy atom. The highest BCUT2D eigenvalue weighted by Crippen LogP contribution is 2.12. The monoisotopic (exact) mass is 276 g/mol. The summed E-state index contributed by atoms with van der Waals surface area (Å²) in [7, 11) is 0. The molecule has 0 aromatic rings. The summed E-state index contributed by atoms with van der Waals surface area (Å²) in [6.07, 6.45) is 24.8. The zero-order chi connectivity index (χ0) is 14.7. The molecule has 0 aliphatic heterocycles. The summed E-state index contributed by atoms with van der Waals surface area (Å²) in [6, 6.07) is 2.04. The van der Waals surface area contributed by atoms with Crippen molar-refractivity contribution in [2.75, 3.05) is 0 Å². The fraction of sp³-hybridized carbons (Fsp3) is 0.789. The van der Waals surface area contributed by atoms with Crippen LogP contribution < -0.4 is 0 Å². The second kappa shape index (κ2) is 18.2. The molecule has 0 fully saturated rings. The SMILES string of the molecule is CCCCCCCCCCCCCCC=CC[CH]C#N. The molecule has 1 heteroatoms. The Morgan fingerprint density at radius 2 is 1.20 bits per heavy atom. The molecule has 0 atom stereocenters. The van der Waals surface area contributed by atoms with Gasteiger partial charge in [0, 0.05) is 0 Å². The molecule has 0 aromatic carbocycles. The van der Waals surface area contributed by atoms with Crippen LogP contribution in [0.1, 0.15) is 96.8 Å². The largest absolute Gasteiger partial charge is 0.198 e. The lowest BCUT2D eigenvalue weighted by atomic mass is 10.0. The summed E-state index contributed by atoms with van der Waals surface area (Å²) in [6.45, 7) is 2.28. The van der Waals surface area contributed by atoms with Gasteiger partial charge < -0.3 is 0 Å². The average Bonchev–Trinajstić information content (AvgIpc) is 2.47. The molecule has 0 saturated carbocycles. The van der Waals surface area contributed by atoms with Crippen LogP contribution in [0.2, 0.25) is 0 Å². The molecule has 20 heavy (non-hydrogen) atoms. The Balaban J connectivity index is 2.99. The molecule has 0 spiro atoms. The molecule has 115 valence electrons. The van der Waals surface area contributed by atoms with Crippen LogP contribution in [0.3, 0.4) is 0 Å². The number of allylic oxidation sites excluding steroid dienone is 2. The molecule has 0 aliphatic carbocycles. The fourth-order valence-electron chi connectivity index (χ4n) is 2.44. The standard InChI is InChI=1S/C19H34N/c1-2-3-4-5-6-7-8-9-10-11-12-13-14-15-16-17-18-19-20/h15-16,18H,2-14,17H2,1H3. The number of unbranched alkanes of at least 4 members (excludes halogenated alkanes) is 13. The first kappa shape index (κ1) is 19.2. The maximum atomic E-state index is 8.34. The zero-order valence-electron chi connectivity index (χ0n) is 13.6. The van der Waals surface area contributed by atoms with E-state index < -0.39 is 0 Å². The van der Waals surface area contributed by atoms with Crippen LogP contribution in [-0.2, 0) is 0 Å². The van der Waals surface area contributed by atoms with Crippen molar-refractivity contribution in [3.05, 3.63) is 18.6 Å². The topological polar surface area (TPSA) is 23.8 Å². The summed E-state index contributed by atoms with van der Waals surface area (Å²) in [4.78, 5) is 0. The molecule has 1 nitrogen and oxygen atoms in total. The second-order valence-electron chi connectivity index (χ2n) is 5.72. The minimum Gasteiger partial charge on any atom is -0.198 e. The third-order valence-electron chi connectivity index (χ3n) is 3.74. The average molecular weight is 276 g/mol. The van der Waals surface area contributed by atoms with Crippen molar-refractivity contribution in [1.82, 2.24) is 0 Å². The van der Waals surface area contributed by atoms with Gasteiger partial charge in [0.15, 0.2) is 0 Å². The lowest BCUT2D eigenvalue weighted by molar-refractivity contribution is 0.545. The predicted octanol–water partition coefficient (Wildman–Crippen LogP) is 6.75. The quantitative estimate of drug-likeness (QED) is 0.240. The van der Waals surface area contributed by atoms with Crippen LogP contribution in [0.5, 0.6) is 0 Å². The Morgan fingerprint density at radius 3 is 1.70 bits per heavy atom. The summed E-state index contributed by atoms with van der Waals surface area (Å²) in [5.41, 5.74) is 0. The van der Waals surface area contributed by atoms with E-state index >= 15 is 0 Å². The van der Waals surface area contributed by atoms with Crippen molar-refractivity contribution < 1.29 is 0 Å². The Kier molecular flexibility index (Phi) is 17.5. The third kappa shape index (κ3) is 17.2. The summed E-state index contributed by atoms with van der Waals surface area (Å²) >= 11 is 0. The van der Waals surface area contributed by atoms with E-state index in [0.29, 0.717) is 0 Å². The molecule has 0 saturated heterocycles. The summed E-state index contributed by atoms with van der Waals surface area (Å²) < 4.78 is 0. The maximum absolute atomic E-state index is 8.34. The lowest BCUT2D eigenvalue weighted by Gasteiger charge is -2.02. The molecular formula is C19H34N. The normalized spacial score (nSPS) is 11.0. The van der Waals surface area contributed by atoms with Gasteiger partial charge in [-0.15, -0.1) is 0 Å². The molecule has 0 bridgehead atoms. The number of nitrogens with zero attached hydrogens (tertiary/aromatic N) is 1. The van der Waals surface area contributed by atoms with Gasteiger partial charge in [0.2, 0.25) is 0 Å². The van der Waals surface area contributed by atoms with Gasteiger partial charge in [-0.1, -0.05) is 89.7 Å². The highest BCUT2D eigenvalue weighted by atomic mass is 14.2. The first-order valence-corrected chi connectivity index (χ1v) is 8.78. The Labute approximate surface area is 127 Å². The number of nitriles is 1. The van der Waals surface area contributed by atoms with Crippen LogP contribution in [0, 0.1) is 17.8 Å². The van der Waals surface area contributed by atoms with E-state index in [-0.39, 0.29) is 0 Å². The van der Waals surface area contributed by atoms with E-state index in [1.54, 1.807) is 6.42 Å². The van der Waals surface area contributed by atoms with Crippen molar-refractivity contribution in [2.45, 2.75) is 96.8 Å². The maximum Gasteiger partial charge on any atom is 0.0672 e. The van der Waals surface area contributed by atoms with E-state index in [1.165, 1.54) is 83.5 Å². The van der Waals surface area contributed by atoms with E-state index in [0.717, 1.165) is 6.42 Å². The van der Waals surface area contributed by atoms with Gasteiger partial charge in [-0.3, -0.25) is 0 Å². The zero-order valence-corrected chi connectivity index (χ0v) is 13.6. The molecule has 0 amide bonds. The Bertz CT molecular complexity index is 237. The number of hydrogen-bond donors (Lipinski definition) is 0. The minimum absolute atomic E-state index is 0.800. The molecule has 0 N–H and O–H groups in total. The molecule has 0 heterocycles. The summed E-state index contributed by atoms with van der Waals surface area (Å²) in [5, 5.41) is 8.34. The predicted molar refractivity (Wildman–Crippen MR) is 89.4 cm³/mol. The number of hydrogen-bond acceptors (Lipinski definition) is 1. The van der Waals surface area contributed by atoms with Crippen molar-refractivity contribution in [3.8, 4) is 6.07 Å². The van der Waals surface area contributed by atoms with Crippen molar-refractivity contribution in [1.29, 1.82) is 5.26 Å². The van der Waals surface area contributed by atoms with Crippen LogP contribution in [-0.4, -0.2) is 0 Å². The third-order valence-corrected chi connectivity index (χ3v) is 3.74. The molecule has 0 aliphatic rings. The van der Waals surface area contributed by atoms with Gasteiger partial charge >= 0.3 is 0 Å². The molecule has 1 radical (unpaired) electrons. The van der Waals surface area contributed by atoms with E-state index in [9.17, 15) is 0 Å². The van der Waals surface area contributed by atoms with Gasteiger partial charge in [-0.05, 0) is 19.3 Å². The van der Waals surface area contributed by atoms with Gasteiger partial charge in [-0.2, -0.15) is 5.26 Å². The minimum atomic E-state index is 0.800. The molecule has 0 unspecified atom stereocenters. The van der Waals surface area contributed by atoms with E-state index in [2.05, 4.69) is 19.1 Å². The van der Waals surface area contributed by atoms with E-state index in [4.69, 9.17) is 5.26 Å². The number of rotatable bonds is 15. The molecular weight excluding hydrogens is 242 g/mol. The summed E-state index contributed by atoms with van der Waals surface area (Å²) in [5.74, 6) is 0. The lowest BCUT2D eigenvalue weighted by Crippen LogP contribution is -1.82.